The van der Waals surface area contributed by atoms with Gasteiger partial charge in [-0.1, -0.05) is 24.3 Å². The highest BCUT2D eigenvalue weighted by molar-refractivity contribution is 7.90. The SMILES string of the molecule is CS(=O)(=O)c1ccc(CN2CCN(c3ccc(C(=O)CC4CCN(Cc5ccc(C#N)cc5)CC4)cn3)CC2)cc1. The van der Waals surface area contributed by atoms with Crippen LogP contribution in [-0.4, -0.2) is 74.5 Å². The van der Waals surface area contributed by atoms with Gasteiger partial charge in [0.05, 0.1) is 16.5 Å². The first kappa shape index (κ1) is 28.9. The van der Waals surface area contributed by atoms with Crippen molar-refractivity contribution in [1.29, 1.82) is 5.26 Å². The fraction of sp³-hybridized carbons (Fsp3) is 0.406. The molecule has 0 unspecified atom stereocenters. The second kappa shape index (κ2) is 12.9. The van der Waals surface area contributed by atoms with Crippen molar-refractivity contribution in [3.63, 3.8) is 0 Å². The molecule has 8 nitrogen and oxygen atoms in total. The Bertz CT molecular complexity index is 1470. The Kier molecular flexibility index (Phi) is 9.13. The van der Waals surface area contributed by atoms with Crippen LogP contribution in [0.1, 0.15) is 46.3 Å². The second-order valence-electron chi connectivity index (χ2n) is 11.2. The lowest BCUT2D eigenvalue weighted by atomic mass is 9.90. The minimum atomic E-state index is -3.18. The van der Waals surface area contributed by atoms with Gasteiger partial charge in [0.1, 0.15) is 5.82 Å². The minimum Gasteiger partial charge on any atom is -0.354 e. The number of piperazine rings is 1. The van der Waals surface area contributed by atoms with Crippen LogP contribution >= 0.6 is 0 Å². The van der Waals surface area contributed by atoms with E-state index >= 15 is 0 Å². The van der Waals surface area contributed by atoms with Crippen molar-refractivity contribution in [3.8, 4) is 6.07 Å². The molecule has 214 valence electrons. The molecular weight excluding hydrogens is 534 g/mol. The Balaban J connectivity index is 1.05. The number of ketones is 1. The van der Waals surface area contributed by atoms with Gasteiger partial charge >= 0.3 is 0 Å². The number of likely N-dealkylation sites (tertiary alicyclic amines) is 1. The number of pyridine rings is 1. The van der Waals surface area contributed by atoms with Gasteiger partial charge in [-0.05, 0) is 79.4 Å². The van der Waals surface area contributed by atoms with E-state index < -0.39 is 9.84 Å². The number of rotatable bonds is 9. The smallest absolute Gasteiger partial charge is 0.175 e. The number of aromatic nitrogens is 1. The quantitative estimate of drug-likeness (QED) is 0.353. The summed E-state index contributed by atoms with van der Waals surface area (Å²) < 4.78 is 23.4. The third-order valence-electron chi connectivity index (χ3n) is 8.19. The molecule has 0 atom stereocenters. The third-order valence-corrected chi connectivity index (χ3v) is 9.32. The molecular formula is C32H37N5O3S. The number of anilines is 1. The molecule has 2 aromatic carbocycles. The molecule has 2 aliphatic heterocycles. The Morgan fingerprint density at radius 2 is 1.44 bits per heavy atom. The van der Waals surface area contributed by atoms with E-state index in [0.29, 0.717) is 28.4 Å². The van der Waals surface area contributed by atoms with E-state index in [1.165, 1.54) is 11.8 Å². The first-order valence-electron chi connectivity index (χ1n) is 14.2. The van der Waals surface area contributed by atoms with Crippen molar-refractivity contribution < 1.29 is 13.2 Å². The molecule has 5 rings (SSSR count). The number of benzene rings is 2. The molecule has 2 fully saturated rings. The van der Waals surface area contributed by atoms with Crippen molar-refractivity contribution in [1.82, 2.24) is 14.8 Å². The average Bonchev–Trinajstić information content (AvgIpc) is 2.99. The van der Waals surface area contributed by atoms with Crippen LogP contribution in [0.3, 0.4) is 0 Å². The van der Waals surface area contributed by atoms with E-state index in [4.69, 9.17) is 5.26 Å². The number of piperidine rings is 1. The lowest BCUT2D eigenvalue weighted by Gasteiger charge is -2.35. The summed E-state index contributed by atoms with van der Waals surface area (Å²) in [7, 11) is -3.18. The normalized spacial score (nSPS) is 17.3. The molecule has 0 saturated carbocycles. The first-order chi connectivity index (χ1) is 19.8. The molecule has 0 radical (unpaired) electrons. The van der Waals surface area contributed by atoms with Crippen molar-refractivity contribution in [2.45, 2.75) is 37.2 Å². The van der Waals surface area contributed by atoms with Crippen LogP contribution in [0.15, 0.2) is 71.8 Å². The fourth-order valence-electron chi connectivity index (χ4n) is 5.65. The molecule has 9 heteroatoms. The van der Waals surface area contributed by atoms with Gasteiger partial charge in [-0.15, -0.1) is 0 Å². The predicted molar refractivity (Wildman–Crippen MR) is 159 cm³/mol. The summed E-state index contributed by atoms with van der Waals surface area (Å²) in [4.78, 5) is 25.0. The minimum absolute atomic E-state index is 0.168. The maximum absolute atomic E-state index is 13.0. The van der Waals surface area contributed by atoms with E-state index in [0.717, 1.165) is 76.6 Å². The second-order valence-corrected chi connectivity index (χ2v) is 13.3. The number of sulfone groups is 1. The van der Waals surface area contributed by atoms with E-state index in [-0.39, 0.29) is 5.78 Å². The zero-order valence-electron chi connectivity index (χ0n) is 23.6. The summed E-state index contributed by atoms with van der Waals surface area (Å²) in [6, 6.07) is 21.0. The topological polar surface area (TPSA) is 97.6 Å². The Labute approximate surface area is 243 Å². The Hall–Kier alpha value is -3.58. The lowest BCUT2D eigenvalue weighted by Crippen LogP contribution is -2.46. The van der Waals surface area contributed by atoms with Crippen LogP contribution < -0.4 is 4.90 Å². The molecule has 2 saturated heterocycles. The van der Waals surface area contributed by atoms with Gasteiger partial charge in [0.2, 0.25) is 0 Å². The molecule has 3 heterocycles. The average molecular weight is 572 g/mol. The summed E-state index contributed by atoms with van der Waals surface area (Å²) in [5, 5.41) is 8.97. The van der Waals surface area contributed by atoms with Gasteiger partial charge in [0, 0.05) is 63.7 Å². The fourth-order valence-corrected chi connectivity index (χ4v) is 6.28. The lowest BCUT2D eigenvalue weighted by molar-refractivity contribution is 0.0924. The predicted octanol–water partition coefficient (Wildman–Crippen LogP) is 4.16. The van der Waals surface area contributed by atoms with Crippen LogP contribution in [0, 0.1) is 17.2 Å². The van der Waals surface area contributed by atoms with E-state index in [2.05, 4.69) is 25.8 Å². The van der Waals surface area contributed by atoms with Gasteiger partial charge < -0.3 is 4.90 Å². The monoisotopic (exact) mass is 571 g/mol. The summed E-state index contributed by atoms with van der Waals surface area (Å²) in [6.07, 6.45) is 5.55. The van der Waals surface area contributed by atoms with Crippen LogP contribution in [0.5, 0.6) is 0 Å². The number of hydrogen-bond donors (Lipinski definition) is 0. The molecule has 0 aliphatic carbocycles. The van der Waals surface area contributed by atoms with E-state index in [9.17, 15) is 13.2 Å². The summed E-state index contributed by atoms with van der Waals surface area (Å²) >= 11 is 0. The van der Waals surface area contributed by atoms with E-state index in [1.54, 1.807) is 18.3 Å². The van der Waals surface area contributed by atoms with Gasteiger partial charge in [0.15, 0.2) is 15.6 Å². The van der Waals surface area contributed by atoms with Crippen molar-refractivity contribution in [3.05, 3.63) is 89.1 Å². The number of Topliss-reactive ketones (excluding diaryl/α,β-unsaturated/α-hetero) is 1. The van der Waals surface area contributed by atoms with Gasteiger partial charge in [-0.3, -0.25) is 14.6 Å². The largest absolute Gasteiger partial charge is 0.354 e. The number of nitrogens with zero attached hydrogens (tertiary/aromatic N) is 5. The highest BCUT2D eigenvalue weighted by atomic mass is 32.2. The molecule has 1 aromatic heterocycles. The van der Waals surface area contributed by atoms with Crippen molar-refractivity contribution >= 4 is 21.4 Å². The van der Waals surface area contributed by atoms with Gasteiger partial charge in [-0.25, -0.2) is 13.4 Å². The van der Waals surface area contributed by atoms with Crippen molar-refractivity contribution in [2.24, 2.45) is 5.92 Å². The molecule has 41 heavy (non-hydrogen) atoms. The number of carbonyl (C=O) groups excluding carboxylic acids is 1. The number of carbonyl (C=O) groups is 1. The maximum Gasteiger partial charge on any atom is 0.175 e. The molecule has 0 spiro atoms. The summed E-state index contributed by atoms with van der Waals surface area (Å²) in [6.45, 7) is 7.10. The van der Waals surface area contributed by atoms with Crippen LogP contribution in [0.2, 0.25) is 0 Å². The highest BCUT2D eigenvalue weighted by Gasteiger charge is 2.23. The van der Waals surface area contributed by atoms with Crippen LogP contribution in [0.4, 0.5) is 5.82 Å². The van der Waals surface area contributed by atoms with Gasteiger partial charge in [-0.2, -0.15) is 5.26 Å². The zero-order chi connectivity index (χ0) is 28.8. The van der Waals surface area contributed by atoms with Gasteiger partial charge in [0.25, 0.3) is 0 Å². The Morgan fingerprint density at radius 3 is 1.98 bits per heavy atom. The number of hydrogen-bond acceptors (Lipinski definition) is 8. The van der Waals surface area contributed by atoms with Crippen LogP contribution in [-0.2, 0) is 22.9 Å². The Morgan fingerprint density at radius 1 is 0.854 bits per heavy atom. The molecule has 0 amide bonds. The third kappa shape index (κ3) is 7.79. The molecule has 0 bridgehead atoms. The highest BCUT2D eigenvalue weighted by Crippen LogP contribution is 2.24. The molecule has 2 aliphatic rings. The first-order valence-corrected chi connectivity index (χ1v) is 16.1. The zero-order valence-corrected chi connectivity index (χ0v) is 24.4. The number of nitriles is 1. The molecule has 0 N–H and O–H groups in total. The standard InChI is InChI=1S/C32H37N5O3S/c1-41(39,40)30-9-6-28(7-10-30)24-36-16-18-37(19-17-36)32-11-8-29(22-34-32)31(38)20-25-12-14-35(15-13-25)23-27-4-2-26(21-33)3-5-27/h2-11,22,25H,12-20,23-24H2,1H3. The summed E-state index contributed by atoms with van der Waals surface area (Å²) in [5.74, 6) is 1.46. The maximum atomic E-state index is 13.0. The van der Waals surface area contributed by atoms with E-state index in [1.807, 2.05) is 48.5 Å². The van der Waals surface area contributed by atoms with Crippen LogP contribution in [0.25, 0.3) is 0 Å². The molecule has 3 aromatic rings. The van der Waals surface area contributed by atoms with Crippen molar-refractivity contribution in [2.75, 3.05) is 50.4 Å². The summed E-state index contributed by atoms with van der Waals surface area (Å²) in [5.41, 5.74) is 3.69.